The molecule has 0 bridgehead atoms. The second-order valence-corrected chi connectivity index (χ2v) is 6.78. The van der Waals surface area contributed by atoms with E-state index in [1.54, 1.807) is 30.3 Å². The predicted molar refractivity (Wildman–Crippen MR) is 104 cm³/mol. The molecule has 4 rings (SSSR count). The van der Waals surface area contributed by atoms with Gasteiger partial charge in [-0.15, -0.1) is 4.74 Å². The Morgan fingerprint density at radius 2 is 1.66 bits per heavy atom. The molecule has 10 heteroatoms. The number of hydrogen-bond acceptors (Lipinski definition) is 7. The second-order valence-electron chi connectivity index (χ2n) is 6.78. The number of nitro benzene ring substituents is 1. The van der Waals surface area contributed by atoms with E-state index >= 15 is 0 Å². The van der Waals surface area contributed by atoms with Crippen molar-refractivity contribution in [1.82, 2.24) is 4.90 Å². The Labute approximate surface area is 165 Å². The lowest BCUT2D eigenvalue weighted by molar-refractivity contribution is -0.544. The zero-order chi connectivity index (χ0) is 20.5. The van der Waals surface area contributed by atoms with Gasteiger partial charge in [-0.05, 0) is 12.1 Å². The number of nitrogens with zero attached hydrogens (tertiary/aromatic N) is 6. The normalized spacial score (nSPS) is 19.6. The van der Waals surface area contributed by atoms with Crippen molar-refractivity contribution in [3.05, 3.63) is 68.8 Å². The molecule has 0 aromatic heterocycles. The molecule has 2 aromatic carbocycles. The van der Waals surface area contributed by atoms with E-state index in [4.69, 9.17) is 0 Å². The van der Waals surface area contributed by atoms with E-state index in [1.807, 2.05) is 15.9 Å². The van der Waals surface area contributed by atoms with E-state index in [0.29, 0.717) is 30.9 Å². The summed E-state index contributed by atoms with van der Waals surface area (Å²) in [5.74, 6) is 0. The number of benzene rings is 2. The van der Waals surface area contributed by atoms with E-state index in [2.05, 4.69) is 0 Å². The molecule has 1 atom stereocenters. The van der Waals surface area contributed by atoms with Gasteiger partial charge in [-0.2, -0.15) is 5.26 Å². The number of anilines is 1. The van der Waals surface area contributed by atoms with Crippen molar-refractivity contribution in [2.24, 2.45) is 0 Å². The molecular formula is C19H17N6O4+. The average molecular weight is 393 g/mol. The summed E-state index contributed by atoms with van der Waals surface area (Å²) in [6.07, 6.45) is -0.980. The van der Waals surface area contributed by atoms with E-state index < -0.39 is 11.1 Å². The molecule has 0 aliphatic carbocycles. The second kappa shape index (κ2) is 7.29. The first-order valence-corrected chi connectivity index (χ1v) is 9.04. The van der Waals surface area contributed by atoms with Crippen LogP contribution in [-0.4, -0.2) is 57.4 Å². The third-order valence-electron chi connectivity index (χ3n) is 5.22. The molecule has 0 spiro atoms. The van der Waals surface area contributed by atoms with Crippen LogP contribution in [0, 0.1) is 31.6 Å². The number of piperazine rings is 1. The summed E-state index contributed by atoms with van der Waals surface area (Å²) in [6.45, 7) is 2.03. The predicted octanol–water partition coefficient (Wildman–Crippen LogP) is 2.27. The molecule has 2 aliphatic heterocycles. The minimum atomic E-state index is -0.980. The lowest BCUT2D eigenvalue weighted by Crippen LogP contribution is -2.57. The van der Waals surface area contributed by atoms with E-state index in [1.165, 1.54) is 18.2 Å². The van der Waals surface area contributed by atoms with Gasteiger partial charge < -0.3 is 10.1 Å². The minimum absolute atomic E-state index is 0.0269. The lowest BCUT2D eigenvalue weighted by Gasteiger charge is -2.36. The Bertz CT molecular complexity index is 1050. The van der Waals surface area contributed by atoms with E-state index in [-0.39, 0.29) is 22.8 Å². The van der Waals surface area contributed by atoms with Gasteiger partial charge in [0.25, 0.3) is 11.4 Å². The highest BCUT2D eigenvalue weighted by atomic mass is 16.6. The molecule has 0 saturated carbocycles. The van der Waals surface area contributed by atoms with Crippen molar-refractivity contribution in [1.29, 1.82) is 5.26 Å². The Kier molecular flexibility index (Phi) is 4.66. The highest BCUT2D eigenvalue weighted by molar-refractivity contribution is 5.99. The molecule has 10 nitrogen and oxygen atoms in total. The molecule has 1 saturated heterocycles. The molecule has 0 N–H and O–H groups in total. The molecule has 0 amide bonds. The molecule has 2 aliphatic rings. The number of nitriles is 1. The van der Waals surface area contributed by atoms with Crippen LogP contribution in [0.4, 0.5) is 22.7 Å². The van der Waals surface area contributed by atoms with Crippen LogP contribution in [0.25, 0.3) is 0 Å². The maximum Gasteiger partial charge on any atom is 0.361 e. The number of fused-ring (bicyclic) bond motifs is 1. The maximum absolute atomic E-state index is 12.9. The fraction of sp³-hybridized carbons (Fsp3) is 0.263. The van der Waals surface area contributed by atoms with Gasteiger partial charge >= 0.3 is 17.6 Å². The largest absolute Gasteiger partial charge is 0.617 e. The number of para-hydroxylation sites is 2. The molecular weight excluding hydrogens is 376 g/mol. The number of non-ortho nitro benzene ring substituents is 1. The number of nitroso groups, excluding NO2 is 1. The van der Waals surface area contributed by atoms with E-state index in [0.717, 1.165) is 10.4 Å². The SMILES string of the molecule is N#CC1=[N+]([O-])c2ccccc2[N+](=O)C1N1CCN(c2ccc([N+](=O)[O-])cc2)CC1. The Morgan fingerprint density at radius 1 is 1.03 bits per heavy atom. The molecule has 1 unspecified atom stereocenters. The van der Waals surface area contributed by atoms with Gasteiger partial charge in [0.05, 0.1) is 9.68 Å². The smallest absolute Gasteiger partial charge is 0.361 e. The fourth-order valence-corrected chi connectivity index (χ4v) is 3.73. The quantitative estimate of drug-likeness (QED) is 0.339. The van der Waals surface area contributed by atoms with Crippen LogP contribution in [0.15, 0.2) is 48.5 Å². The first kappa shape index (κ1) is 18.5. The molecule has 0 radical (unpaired) electrons. The van der Waals surface area contributed by atoms with Crippen LogP contribution in [0.3, 0.4) is 0 Å². The summed E-state index contributed by atoms with van der Waals surface area (Å²) < 4.78 is 1.26. The standard InChI is InChI=1S/C19H17N6O4/c20-13-18-19(24(27)17-4-2-1-3-16(17)23(18)26)22-11-9-21(10-12-22)14-5-7-15(8-6-14)25(28)29/h1-8,19H,9-12H2/q+1. The minimum Gasteiger partial charge on any atom is -0.617 e. The van der Waals surface area contributed by atoms with Crippen LogP contribution >= 0.6 is 0 Å². The van der Waals surface area contributed by atoms with Crippen molar-refractivity contribution in [2.45, 2.75) is 6.17 Å². The Morgan fingerprint density at radius 3 is 2.24 bits per heavy atom. The van der Waals surface area contributed by atoms with Crippen LogP contribution in [-0.2, 0) is 0 Å². The van der Waals surface area contributed by atoms with Gasteiger partial charge in [-0.1, -0.05) is 12.1 Å². The first-order valence-electron chi connectivity index (χ1n) is 9.04. The number of hydrogen-bond donors (Lipinski definition) is 0. The van der Waals surface area contributed by atoms with Crippen LogP contribution in [0.2, 0.25) is 0 Å². The zero-order valence-corrected chi connectivity index (χ0v) is 15.3. The van der Waals surface area contributed by atoms with Crippen molar-refractivity contribution < 1.29 is 14.4 Å². The molecule has 29 heavy (non-hydrogen) atoms. The van der Waals surface area contributed by atoms with Crippen LogP contribution in [0.1, 0.15) is 0 Å². The monoisotopic (exact) mass is 393 g/mol. The summed E-state index contributed by atoms with van der Waals surface area (Å²) in [5.41, 5.74) is 1.13. The summed E-state index contributed by atoms with van der Waals surface area (Å²) in [5, 5.41) is 32.9. The van der Waals surface area contributed by atoms with Crippen LogP contribution < -0.4 is 4.90 Å². The highest BCUT2D eigenvalue weighted by Gasteiger charge is 2.51. The van der Waals surface area contributed by atoms with Gasteiger partial charge in [0.15, 0.2) is 6.07 Å². The Balaban J connectivity index is 1.54. The third-order valence-corrected chi connectivity index (χ3v) is 5.22. The molecule has 2 heterocycles. The van der Waals surface area contributed by atoms with Gasteiger partial charge in [0.2, 0.25) is 0 Å². The average Bonchev–Trinajstić information content (AvgIpc) is 2.76. The molecule has 146 valence electrons. The van der Waals surface area contributed by atoms with Gasteiger partial charge in [0, 0.05) is 61.0 Å². The number of nitro groups is 1. The highest BCUT2D eigenvalue weighted by Crippen LogP contribution is 2.33. The molecule has 2 aromatic rings. The summed E-state index contributed by atoms with van der Waals surface area (Å²) in [4.78, 5) is 27.2. The number of rotatable bonds is 3. The van der Waals surface area contributed by atoms with Gasteiger partial charge in [-0.3, -0.25) is 10.1 Å². The summed E-state index contributed by atoms with van der Waals surface area (Å²) in [7, 11) is 0. The third kappa shape index (κ3) is 3.17. The van der Waals surface area contributed by atoms with Crippen molar-refractivity contribution in [3.8, 4) is 6.07 Å². The van der Waals surface area contributed by atoms with Crippen LogP contribution in [0.5, 0.6) is 0 Å². The summed E-state index contributed by atoms with van der Waals surface area (Å²) >= 11 is 0. The Hall–Kier alpha value is -3.84. The topological polar surface area (TPSA) is 120 Å². The van der Waals surface area contributed by atoms with Crippen molar-refractivity contribution >= 4 is 28.5 Å². The van der Waals surface area contributed by atoms with Gasteiger partial charge in [0.1, 0.15) is 0 Å². The van der Waals surface area contributed by atoms with Crippen molar-refractivity contribution in [2.75, 3.05) is 31.1 Å². The van der Waals surface area contributed by atoms with Gasteiger partial charge in [-0.25, -0.2) is 4.90 Å². The fourth-order valence-electron chi connectivity index (χ4n) is 3.73. The van der Waals surface area contributed by atoms with Crippen molar-refractivity contribution in [3.63, 3.8) is 0 Å². The first-order chi connectivity index (χ1) is 14.0. The molecule has 1 fully saturated rings. The van der Waals surface area contributed by atoms with E-state index in [9.17, 15) is 25.5 Å². The maximum atomic E-state index is 12.9. The zero-order valence-electron chi connectivity index (χ0n) is 15.3. The summed E-state index contributed by atoms with van der Waals surface area (Å²) in [6, 6.07) is 14.6. The lowest BCUT2D eigenvalue weighted by atomic mass is 10.1.